The van der Waals surface area contributed by atoms with E-state index in [0.29, 0.717) is 6.42 Å². The second-order valence-corrected chi connectivity index (χ2v) is 21.2. The smallest absolute Gasteiger partial charge is 0.408 e. The number of carbonyl (C=O) groups excluding carboxylic acids is 8. The van der Waals surface area contributed by atoms with Crippen LogP contribution in [0.1, 0.15) is 123 Å². The van der Waals surface area contributed by atoms with Crippen LogP contribution in [0.25, 0.3) is 0 Å². The first-order valence-electron chi connectivity index (χ1n) is 24.2. The Kier molecular flexibility index (Phi) is 14.8. The van der Waals surface area contributed by atoms with Crippen LogP contribution in [-0.2, 0) is 61.9 Å². The molecule has 2 aromatic carbocycles. The lowest BCUT2D eigenvalue weighted by atomic mass is 9.45. The van der Waals surface area contributed by atoms with Crippen LogP contribution in [0.3, 0.4) is 0 Å². The molecule has 3 saturated carbocycles. The highest BCUT2D eigenvalue weighted by atomic mass is 16.6. The summed E-state index contributed by atoms with van der Waals surface area (Å²) in [6.07, 6.45) is -8.35. The Morgan fingerprint density at radius 3 is 2.11 bits per heavy atom. The first-order chi connectivity index (χ1) is 33.3. The van der Waals surface area contributed by atoms with Gasteiger partial charge in [-0.05, 0) is 88.8 Å². The molecular formula is C53H66N2O16. The summed E-state index contributed by atoms with van der Waals surface area (Å²) in [7, 11) is 0. The summed E-state index contributed by atoms with van der Waals surface area (Å²) in [5.41, 5.74) is -2.25. The molecule has 18 heteroatoms. The molecule has 4 fully saturated rings. The number of carbonyl (C=O) groups is 8. The van der Waals surface area contributed by atoms with E-state index in [0.717, 1.165) is 6.92 Å². The second kappa shape index (κ2) is 19.9. The molecule has 1 spiro atoms. The largest absolute Gasteiger partial charge is 0.460 e. The summed E-state index contributed by atoms with van der Waals surface area (Å²) >= 11 is 0. The molecule has 1 heterocycles. The predicted octanol–water partition coefficient (Wildman–Crippen LogP) is 5.35. The molecule has 5 aliphatic rings. The molecule has 12 atom stereocenters. The SMILES string of the molecule is CC(=O)OC1CO[C@@H]2C[C@@H]3C[C@@]34C(=O)[C@H](OC(C)=O)C3=C(C)[C@@H](OC(=O)[C@H](OC(=O)CCC(=O)CCN)[C@@H](NC(=O)OC(C)(C)C)c5ccccc5)C[C@](O)(C3(C)C)[C@](C)(OC(=O)c3ccccc3)[C@@H]4C12. The third-order valence-electron chi connectivity index (χ3n) is 15.2. The van der Waals surface area contributed by atoms with E-state index in [4.69, 9.17) is 38.9 Å². The van der Waals surface area contributed by atoms with Crippen molar-refractivity contribution in [3.8, 4) is 0 Å². The van der Waals surface area contributed by atoms with E-state index in [1.54, 1.807) is 97.0 Å². The monoisotopic (exact) mass is 986 g/mol. The van der Waals surface area contributed by atoms with Crippen LogP contribution in [0.5, 0.6) is 0 Å². The first kappa shape index (κ1) is 52.8. The van der Waals surface area contributed by atoms with Crippen molar-refractivity contribution in [2.24, 2.45) is 34.3 Å². The zero-order valence-corrected chi connectivity index (χ0v) is 41.8. The van der Waals surface area contributed by atoms with Gasteiger partial charge in [0.15, 0.2) is 11.9 Å². The lowest BCUT2D eigenvalue weighted by Crippen LogP contribution is -2.75. The average molecular weight is 987 g/mol. The number of benzene rings is 2. The number of Topliss-reactive ketones (excluding diaryl/α,β-unsaturated/α-hetero) is 2. The highest BCUT2D eigenvalue weighted by molar-refractivity contribution is 5.98. The molecule has 0 radical (unpaired) electrons. The Labute approximate surface area is 413 Å². The van der Waals surface area contributed by atoms with Gasteiger partial charge < -0.3 is 49.3 Å². The molecule has 18 nitrogen and oxygen atoms in total. The maximum atomic E-state index is 15.9. The van der Waals surface area contributed by atoms with Gasteiger partial charge in [-0.1, -0.05) is 62.4 Å². The quantitative estimate of drug-likeness (QED) is 0.115. The summed E-state index contributed by atoms with van der Waals surface area (Å²) in [4.78, 5) is 111. The van der Waals surface area contributed by atoms with Gasteiger partial charge in [-0.25, -0.2) is 14.4 Å². The fraction of sp³-hybridized carbons (Fsp3) is 0.585. The molecule has 7 rings (SSSR count). The van der Waals surface area contributed by atoms with Gasteiger partial charge in [-0.3, -0.25) is 24.0 Å². The van der Waals surface area contributed by atoms with E-state index < -0.39 is 137 Å². The standard InChI is InChI=1S/C53H66N2O16/c1-28-36(68-47(62)43(69-38(59)21-20-34(58)22-23-54)41(31-16-12-10-13-17-31)55-48(63)71-49(4,5)6)26-53(64)50(7,8)40(28)42(67-30(3)57)45(60)52-25-33(52)24-35-39(37(27-65-35)66-29(2)56)44(52)51(53,9)70-46(61)32-18-14-11-15-19-32/h10-19,33,35-37,39,41-44,64H,20-27,54H2,1-9H3,(H,55,63)/t33-,35-,36+,37?,39?,41+,42-,43-,44+,51-,52-,53+/m1/s1. The average Bonchev–Trinajstić information content (AvgIpc) is 3.91. The molecule has 1 aliphatic heterocycles. The number of hydrogen-bond donors (Lipinski definition) is 3. The number of amides is 1. The van der Waals surface area contributed by atoms with Gasteiger partial charge in [0, 0.05) is 55.8 Å². The second-order valence-electron chi connectivity index (χ2n) is 21.2. The molecule has 71 heavy (non-hydrogen) atoms. The van der Waals surface area contributed by atoms with Crippen molar-refractivity contribution in [3.05, 3.63) is 82.9 Å². The highest BCUT2D eigenvalue weighted by Gasteiger charge is 2.83. The fourth-order valence-corrected chi connectivity index (χ4v) is 12.2. The molecule has 2 unspecified atom stereocenters. The minimum Gasteiger partial charge on any atom is -0.460 e. The summed E-state index contributed by atoms with van der Waals surface area (Å²) < 4.78 is 42.9. The van der Waals surface area contributed by atoms with Gasteiger partial charge in [0.05, 0.1) is 24.7 Å². The third kappa shape index (κ3) is 9.99. The van der Waals surface area contributed by atoms with Crippen LogP contribution in [0.4, 0.5) is 4.79 Å². The van der Waals surface area contributed by atoms with Gasteiger partial charge in [-0.15, -0.1) is 0 Å². The lowest BCUT2D eigenvalue weighted by molar-refractivity contribution is -0.264. The first-order valence-corrected chi connectivity index (χ1v) is 24.2. The van der Waals surface area contributed by atoms with E-state index in [2.05, 4.69) is 5.32 Å². The number of aliphatic hydroxyl groups is 1. The minimum absolute atomic E-state index is 0.00163. The molecule has 2 aromatic rings. The highest BCUT2D eigenvalue weighted by Crippen LogP contribution is 2.75. The Hall–Kier alpha value is -5.98. The van der Waals surface area contributed by atoms with E-state index in [1.807, 2.05) is 0 Å². The number of nitrogens with two attached hydrogens (primary N) is 1. The number of fused-ring (bicyclic) bond motifs is 4. The number of ether oxygens (including phenoxy) is 7. The fourth-order valence-electron chi connectivity index (χ4n) is 12.2. The van der Waals surface area contributed by atoms with Crippen molar-refractivity contribution in [1.82, 2.24) is 5.32 Å². The molecule has 4 aliphatic carbocycles. The molecule has 1 amide bonds. The molecule has 0 aromatic heterocycles. The number of rotatable bonds is 15. The minimum atomic E-state index is -2.34. The summed E-state index contributed by atoms with van der Waals surface area (Å²) in [5, 5.41) is 16.9. The van der Waals surface area contributed by atoms with Crippen molar-refractivity contribution < 1.29 is 76.6 Å². The maximum absolute atomic E-state index is 15.9. The topological polar surface area (TPSA) is 259 Å². The van der Waals surface area contributed by atoms with E-state index in [9.17, 15) is 33.9 Å². The molecule has 1 saturated heterocycles. The molecule has 4 N–H and O–H groups in total. The van der Waals surface area contributed by atoms with Crippen LogP contribution in [-0.4, -0.2) is 113 Å². The van der Waals surface area contributed by atoms with Crippen molar-refractivity contribution >= 4 is 47.5 Å². The maximum Gasteiger partial charge on any atom is 0.408 e. The van der Waals surface area contributed by atoms with Gasteiger partial charge in [0.25, 0.3) is 0 Å². The van der Waals surface area contributed by atoms with Gasteiger partial charge in [0.1, 0.15) is 40.8 Å². The summed E-state index contributed by atoms with van der Waals surface area (Å²) in [6, 6.07) is 14.7. The zero-order valence-electron chi connectivity index (χ0n) is 41.8. The lowest BCUT2D eigenvalue weighted by Gasteiger charge is -2.64. The number of nitrogens with one attached hydrogen (secondary N) is 1. The van der Waals surface area contributed by atoms with Crippen LogP contribution in [0.15, 0.2) is 71.8 Å². The summed E-state index contributed by atoms with van der Waals surface area (Å²) in [6.45, 7) is 13.7. The van der Waals surface area contributed by atoms with Crippen molar-refractivity contribution in [2.75, 3.05) is 13.2 Å². The normalized spacial score (nSPS) is 31.1. The Morgan fingerprint density at radius 2 is 1.51 bits per heavy atom. The molecule has 2 bridgehead atoms. The number of ketones is 2. The van der Waals surface area contributed by atoms with Crippen LogP contribution in [0, 0.1) is 28.6 Å². The van der Waals surface area contributed by atoms with E-state index >= 15 is 9.59 Å². The van der Waals surface area contributed by atoms with E-state index in [1.165, 1.54) is 19.1 Å². The molecular weight excluding hydrogens is 921 g/mol. The van der Waals surface area contributed by atoms with Crippen molar-refractivity contribution in [2.45, 2.75) is 154 Å². The van der Waals surface area contributed by atoms with Gasteiger partial charge >= 0.3 is 35.9 Å². The summed E-state index contributed by atoms with van der Waals surface area (Å²) in [5.74, 6) is -7.76. The number of hydrogen-bond acceptors (Lipinski definition) is 17. The van der Waals surface area contributed by atoms with Gasteiger partial charge in [-0.2, -0.15) is 0 Å². The zero-order chi connectivity index (χ0) is 52.0. The number of esters is 5. The molecule has 384 valence electrons. The predicted molar refractivity (Wildman–Crippen MR) is 251 cm³/mol. The van der Waals surface area contributed by atoms with E-state index in [-0.39, 0.29) is 60.5 Å². The Morgan fingerprint density at radius 1 is 0.873 bits per heavy atom. The van der Waals surface area contributed by atoms with Crippen LogP contribution < -0.4 is 11.1 Å². The van der Waals surface area contributed by atoms with Crippen molar-refractivity contribution in [3.63, 3.8) is 0 Å². The van der Waals surface area contributed by atoms with Crippen LogP contribution in [0.2, 0.25) is 0 Å². The third-order valence-corrected chi connectivity index (χ3v) is 15.2. The van der Waals surface area contributed by atoms with Crippen molar-refractivity contribution in [1.29, 1.82) is 0 Å². The Balaban J connectivity index is 1.41. The Bertz CT molecular complexity index is 2470. The van der Waals surface area contributed by atoms with Crippen LogP contribution >= 0.6 is 0 Å². The van der Waals surface area contributed by atoms with Gasteiger partial charge in [0.2, 0.25) is 6.10 Å². The number of alkyl carbamates (subject to hydrolysis) is 1.